The smallest absolute Gasteiger partial charge is 0.258 e. The van der Waals surface area contributed by atoms with E-state index in [-0.39, 0.29) is 0 Å². The Morgan fingerprint density at radius 1 is 1.38 bits per heavy atom. The van der Waals surface area contributed by atoms with Crippen LogP contribution in [0, 0.1) is 6.92 Å². The first-order valence-electron chi connectivity index (χ1n) is 4.84. The number of rotatable bonds is 4. The van der Waals surface area contributed by atoms with Gasteiger partial charge in [0.25, 0.3) is 6.43 Å². The molecule has 0 heterocycles. The number of aryl methyl sites for hydroxylation is 1. The molecule has 16 heavy (non-hydrogen) atoms. The molecule has 5 heteroatoms. The number of ether oxygens (including phenoxy) is 1. The van der Waals surface area contributed by atoms with Gasteiger partial charge in [-0.2, -0.15) is 0 Å². The van der Waals surface area contributed by atoms with E-state index in [1.807, 2.05) is 13.0 Å². The Balaban J connectivity index is 3.02. The number of hydrogen-bond donors (Lipinski definition) is 1. The third-order valence-electron chi connectivity index (χ3n) is 2.23. The Hall–Kier alpha value is -0.840. The molecule has 0 saturated heterocycles. The quantitative estimate of drug-likeness (QED) is 0.911. The Kier molecular flexibility index (Phi) is 4.53. The molecule has 0 aliphatic heterocycles. The van der Waals surface area contributed by atoms with E-state index >= 15 is 0 Å². The largest absolute Gasteiger partial charge is 0.495 e. The molecule has 0 aliphatic carbocycles. The molecule has 1 N–H and O–H groups in total. The van der Waals surface area contributed by atoms with Gasteiger partial charge in [-0.1, -0.05) is 15.9 Å². The summed E-state index contributed by atoms with van der Waals surface area (Å²) in [6.07, 6.45) is -2.41. The fourth-order valence-corrected chi connectivity index (χ4v) is 1.90. The Bertz CT molecular complexity index is 371. The molecule has 1 unspecified atom stereocenters. The number of nitrogens with one attached hydrogen (secondary N) is 1. The highest BCUT2D eigenvalue weighted by Crippen LogP contribution is 2.32. The summed E-state index contributed by atoms with van der Waals surface area (Å²) < 4.78 is 30.9. The predicted octanol–water partition coefficient (Wildman–Crippen LogP) is 3.83. The second-order valence-corrected chi connectivity index (χ2v) is 4.48. The Labute approximate surface area is 102 Å². The summed E-state index contributed by atoms with van der Waals surface area (Å²) in [7, 11) is 1.51. The van der Waals surface area contributed by atoms with Gasteiger partial charge < -0.3 is 10.1 Å². The first-order valence-corrected chi connectivity index (χ1v) is 5.63. The molecule has 0 saturated carbocycles. The van der Waals surface area contributed by atoms with Crippen molar-refractivity contribution >= 4 is 21.6 Å². The van der Waals surface area contributed by atoms with Crippen LogP contribution in [-0.4, -0.2) is 19.6 Å². The number of hydrogen-bond acceptors (Lipinski definition) is 2. The van der Waals surface area contributed by atoms with Gasteiger partial charge in [-0.25, -0.2) is 8.78 Å². The molecular weight excluding hydrogens is 280 g/mol. The highest BCUT2D eigenvalue weighted by Gasteiger charge is 2.17. The SMILES string of the molecule is COc1cc(Br)cc(C)c1NC(C)C(F)F. The Morgan fingerprint density at radius 3 is 2.50 bits per heavy atom. The van der Waals surface area contributed by atoms with Crippen LogP contribution in [0.4, 0.5) is 14.5 Å². The van der Waals surface area contributed by atoms with Crippen LogP contribution in [0.2, 0.25) is 0 Å². The van der Waals surface area contributed by atoms with Crippen molar-refractivity contribution in [2.75, 3.05) is 12.4 Å². The highest BCUT2D eigenvalue weighted by atomic mass is 79.9. The molecule has 1 aromatic rings. The van der Waals surface area contributed by atoms with Crippen molar-refractivity contribution in [2.45, 2.75) is 26.3 Å². The molecule has 1 atom stereocenters. The number of benzene rings is 1. The second-order valence-electron chi connectivity index (χ2n) is 3.57. The van der Waals surface area contributed by atoms with E-state index in [1.165, 1.54) is 14.0 Å². The molecule has 90 valence electrons. The van der Waals surface area contributed by atoms with Crippen LogP contribution < -0.4 is 10.1 Å². The number of halogens is 3. The van der Waals surface area contributed by atoms with Crippen molar-refractivity contribution < 1.29 is 13.5 Å². The van der Waals surface area contributed by atoms with Crippen molar-refractivity contribution in [3.63, 3.8) is 0 Å². The summed E-state index contributed by atoms with van der Waals surface area (Å²) >= 11 is 3.33. The lowest BCUT2D eigenvalue weighted by molar-refractivity contribution is 0.130. The Morgan fingerprint density at radius 2 is 2.00 bits per heavy atom. The summed E-state index contributed by atoms with van der Waals surface area (Å²) in [5, 5.41) is 2.76. The van der Waals surface area contributed by atoms with Crippen LogP contribution >= 0.6 is 15.9 Å². The fraction of sp³-hybridized carbons (Fsp3) is 0.455. The zero-order chi connectivity index (χ0) is 12.3. The standard InChI is InChI=1S/C11H14BrF2NO/c1-6-4-8(12)5-9(16-3)10(6)15-7(2)11(13)14/h4-5,7,11,15H,1-3H3. The van der Waals surface area contributed by atoms with Crippen LogP contribution in [0.3, 0.4) is 0 Å². The molecule has 0 radical (unpaired) electrons. The van der Waals surface area contributed by atoms with E-state index in [1.54, 1.807) is 6.07 Å². The van der Waals surface area contributed by atoms with Gasteiger partial charge in [-0.15, -0.1) is 0 Å². The van der Waals surface area contributed by atoms with Crippen molar-refractivity contribution in [1.29, 1.82) is 0 Å². The predicted molar refractivity (Wildman–Crippen MR) is 64.5 cm³/mol. The molecule has 2 nitrogen and oxygen atoms in total. The van der Waals surface area contributed by atoms with Gasteiger partial charge in [0, 0.05) is 4.47 Å². The first-order chi connectivity index (χ1) is 7.45. The van der Waals surface area contributed by atoms with Gasteiger partial charge in [0.1, 0.15) is 5.75 Å². The van der Waals surface area contributed by atoms with Gasteiger partial charge >= 0.3 is 0 Å². The average Bonchev–Trinajstić information content (AvgIpc) is 2.21. The number of anilines is 1. The van der Waals surface area contributed by atoms with Crippen LogP contribution in [0.25, 0.3) is 0 Å². The first kappa shape index (κ1) is 13.2. The average molecular weight is 294 g/mol. The molecule has 0 fully saturated rings. The maximum atomic E-state index is 12.4. The minimum Gasteiger partial charge on any atom is -0.495 e. The van der Waals surface area contributed by atoms with E-state index in [0.29, 0.717) is 11.4 Å². The van der Waals surface area contributed by atoms with E-state index in [9.17, 15) is 8.78 Å². The minimum atomic E-state index is -2.41. The normalized spacial score (nSPS) is 12.7. The maximum Gasteiger partial charge on any atom is 0.258 e. The monoisotopic (exact) mass is 293 g/mol. The maximum absolute atomic E-state index is 12.4. The molecule has 0 aromatic heterocycles. The van der Waals surface area contributed by atoms with Crippen molar-refractivity contribution in [3.8, 4) is 5.75 Å². The molecule has 1 aromatic carbocycles. The number of alkyl halides is 2. The molecule has 1 rings (SSSR count). The molecule has 0 bridgehead atoms. The van der Waals surface area contributed by atoms with Crippen LogP contribution in [-0.2, 0) is 0 Å². The fourth-order valence-electron chi connectivity index (χ4n) is 1.35. The van der Waals surface area contributed by atoms with Crippen molar-refractivity contribution in [2.24, 2.45) is 0 Å². The summed E-state index contributed by atoms with van der Waals surface area (Å²) in [4.78, 5) is 0. The van der Waals surface area contributed by atoms with E-state index in [2.05, 4.69) is 21.2 Å². The third-order valence-corrected chi connectivity index (χ3v) is 2.69. The molecule has 0 aliphatic rings. The van der Waals surface area contributed by atoms with E-state index in [0.717, 1.165) is 10.0 Å². The van der Waals surface area contributed by atoms with Crippen LogP contribution in [0.1, 0.15) is 12.5 Å². The summed E-state index contributed by atoms with van der Waals surface area (Å²) in [5.41, 5.74) is 1.47. The van der Waals surface area contributed by atoms with Crippen LogP contribution in [0.15, 0.2) is 16.6 Å². The second kappa shape index (κ2) is 5.48. The third kappa shape index (κ3) is 3.07. The zero-order valence-corrected chi connectivity index (χ0v) is 10.9. The zero-order valence-electron chi connectivity index (χ0n) is 9.35. The molecule has 0 spiro atoms. The van der Waals surface area contributed by atoms with Crippen molar-refractivity contribution in [1.82, 2.24) is 0 Å². The minimum absolute atomic E-state index is 0.555. The van der Waals surface area contributed by atoms with Gasteiger partial charge in [-0.3, -0.25) is 0 Å². The topological polar surface area (TPSA) is 21.3 Å². The number of methoxy groups -OCH3 is 1. The van der Waals surface area contributed by atoms with Gasteiger partial charge in [0.2, 0.25) is 0 Å². The molecule has 0 amide bonds. The lowest BCUT2D eigenvalue weighted by Gasteiger charge is -2.19. The summed E-state index contributed by atoms with van der Waals surface area (Å²) in [5.74, 6) is 0.555. The highest BCUT2D eigenvalue weighted by molar-refractivity contribution is 9.10. The van der Waals surface area contributed by atoms with E-state index in [4.69, 9.17) is 4.74 Å². The van der Waals surface area contributed by atoms with Gasteiger partial charge in [0.05, 0.1) is 18.8 Å². The lowest BCUT2D eigenvalue weighted by atomic mass is 10.1. The lowest BCUT2D eigenvalue weighted by Crippen LogP contribution is -2.24. The van der Waals surface area contributed by atoms with Crippen molar-refractivity contribution in [3.05, 3.63) is 22.2 Å². The van der Waals surface area contributed by atoms with Gasteiger partial charge in [-0.05, 0) is 31.5 Å². The molecular formula is C11H14BrF2NO. The van der Waals surface area contributed by atoms with Crippen LogP contribution in [0.5, 0.6) is 5.75 Å². The summed E-state index contributed by atoms with van der Waals surface area (Å²) in [6, 6.07) is 2.69. The summed E-state index contributed by atoms with van der Waals surface area (Å²) in [6.45, 7) is 3.28. The van der Waals surface area contributed by atoms with E-state index < -0.39 is 12.5 Å². The van der Waals surface area contributed by atoms with Gasteiger partial charge in [0.15, 0.2) is 0 Å².